The summed E-state index contributed by atoms with van der Waals surface area (Å²) in [5.74, 6) is 1.38. The van der Waals surface area contributed by atoms with Crippen molar-refractivity contribution in [1.82, 2.24) is 20.2 Å². The first-order chi connectivity index (χ1) is 13.3. The molecule has 4 heterocycles. The summed E-state index contributed by atoms with van der Waals surface area (Å²) in [6.45, 7) is 3.07. The molecule has 2 fully saturated rings. The third kappa shape index (κ3) is 3.08. The number of piperidine rings is 1. The number of carbonyl (C=O) groups is 1. The zero-order chi connectivity index (χ0) is 18.2. The molecule has 5 rings (SSSR count). The van der Waals surface area contributed by atoms with Crippen LogP contribution in [0.2, 0.25) is 0 Å². The first-order valence-electron chi connectivity index (χ1n) is 10.0. The van der Waals surface area contributed by atoms with E-state index in [1.165, 1.54) is 32.4 Å². The number of amides is 1. The Bertz CT molecular complexity index is 853. The molecular formula is C21H25N5O. The molecule has 1 amide bonds. The van der Waals surface area contributed by atoms with Crippen molar-refractivity contribution in [3.8, 4) is 11.4 Å². The van der Waals surface area contributed by atoms with Gasteiger partial charge in [0, 0.05) is 29.8 Å². The lowest BCUT2D eigenvalue weighted by atomic mass is 9.95. The average Bonchev–Trinajstić information content (AvgIpc) is 3.19. The van der Waals surface area contributed by atoms with Crippen LogP contribution in [0.15, 0.2) is 30.3 Å². The van der Waals surface area contributed by atoms with Crippen molar-refractivity contribution in [1.29, 1.82) is 0 Å². The minimum absolute atomic E-state index is 0.0926. The predicted molar refractivity (Wildman–Crippen MR) is 105 cm³/mol. The van der Waals surface area contributed by atoms with Gasteiger partial charge in [0.1, 0.15) is 11.5 Å². The maximum absolute atomic E-state index is 12.5. The van der Waals surface area contributed by atoms with Crippen LogP contribution in [0.1, 0.15) is 41.7 Å². The molecule has 2 N–H and O–H groups in total. The van der Waals surface area contributed by atoms with Gasteiger partial charge in [-0.1, -0.05) is 30.3 Å². The maximum atomic E-state index is 12.5. The molecule has 6 nitrogen and oxygen atoms in total. The van der Waals surface area contributed by atoms with E-state index < -0.39 is 0 Å². The molecule has 6 heteroatoms. The average molecular weight is 363 g/mol. The number of nitrogens with one attached hydrogen (secondary N) is 2. The first kappa shape index (κ1) is 16.7. The number of aromatic nitrogens is 2. The van der Waals surface area contributed by atoms with E-state index in [1.807, 2.05) is 30.3 Å². The Morgan fingerprint density at radius 3 is 2.74 bits per heavy atom. The highest BCUT2D eigenvalue weighted by Gasteiger charge is 2.35. The lowest BCUT2D eigenvalue weighted by Crippen LogP contribution is -2.48. The van der Waals surface area contributed by atoms with Gasteiger partial charge in [-0.05, 0) is 45.2 Å². The van der Waals surface area contributed by atoms with Crippen LogP contribution in [0.5, 0.6) is 0 Å². The second-order valence-corrected chi connectivity index (χ2v) is 7.73. The summed E-state index contributed by atoms with van der Waals surface area (Å²) in [4.78, 5) is 24.6. The monoisotopic (exact) mass is 363 g/mol. The summed E-state index contributed by atoms with van der Waals surface area (Å²) in [5.41, 5.74) is 2.43. The van der Waals surface area contributed by atoms with E-state index in [1.54, 1.807) is 0 Å². The summed E-state index contributed by atoms with van der Waals surface area (Å²) in [6.07, 6.45) is 5.68. The fourth-order valence-corrected chi connectivity index (χ4v) is 4.76. The highest BCUT2D eigenvalue weighted by molar-refractivity contribution is 5.96. The number of fused-ring (bicyclic) bond motifs is 2. The maximum Gasteiger partial charge on any atom is 0.270 e. The fourth-order valence-electron chi connectivity index (χ4n) is 4.76. The normalized spacial score (nSPS) is 24.8. The van der Waals surface area contributed by atoms with Gasteiger partial charge in [0.15, 0.2) is 5.82 Å². The lowest BCUT2D eigenvalue weighted by Gasteiger charge is -2.37. The molecular weight excluding hydrogens is 338 g/mol. The standard InChI is InChI=1S/C21H25N5O/c27-21-18-15(10-11-22-21)20(25-19(24-18)14-6-2-1-3-7-14)23-16-8-4-12-26-13-5-9-17(16)26/h1-3,6-7,16-17H,4-5,8-13H2,(H,22,27)(H,23,24,25)/t16-,17-/m0/s1. The van der Waals surface area contributed by atoms with Crippen LogP contribution in [0.4, 0.5) is 5.82 Å². The molecule has 2 atom stereocenters. The molecule has 0 radical (unpaired) electrons. The smallest absolute Gasteiger partial charge is 0.270 e. The SMILES string of the molecule is O=C1NCCc2c(N[C@H]3CCCN4CCC[C@@H]34)nc(-c3ccccc3)nc21. The van der Waals surface area contributed by atoms with Gasteiger partial charge < -0.3 is 10.6 Å². The zero-order valence-electron chi connectivity index (χ0n) is 15.4. The van der Waals surface area contributed by atoms with E-state index >= 15 is 0 Å². The number of rotatable bonds is 3. The molecule has 3 aliphatic heterocycles. The van der Waals surface area contributed by atoms with Crippen LogP contribution < -0.4 is 10.6 Å². The van der Waals surface area contributed by atoms with Crippen molar-refractivity contribution in [2.24, 2.45) is 0 Å². The Kier molecular flexibility index (Phi) is 4.28. The van der Waals surface area contributed by atoms with Crippen molar-refractivity contribution in [3.63, 3.8) is 0 Å². The number of carbonyl (C=O) groups excluding carboxylic acids is 1. The van der Waals surface area contributed by atoms with Gasteiger partial charge in [-0.25, -0.2) is 9.97 Å². The van der Waals surface area contributed by atoms with Gasteiger partial charge in [-0.3, -0.25) is 9.69 Å². The summed E-state index contributed by atoms with van der Waals surface area (Å²) in [7, 11) is 0. The van der Waals surface area contributed by atoms with Gasteiger partial charge in [-0.2, -0.15) is 0 Å². The van der Waals surface area contributed by atoms with Crippen molar-refractivity contribution >= 4 is 11.7 Å². The Morgan fingerprint density at radius 1 is 1.07 bits per heavy atom. The van der Waals surface area contributed by atoms with Gasteiger partial charge >= 0.3 is 0 Å². The molecule has 3 aliphatic rings. The van der Waals surface area contributed by atoms with Crippen molar-refractivity contribution in [2.45, 2.75) is 44.2 Å². The quantitative estimate of drug-likeness (QED) is 0.877. The number of nitrogens with zero attached hydrogens (tertiary/aromatic N) is 3. The van der Waals surface area contributed by atoms with Gasteiger partial charge in [-0.15, -0.1) is 0 Å². The minimum atomic E-state index is -0.0926. The summed E-state index contributed by atoms with van der Waals surface area (Å²) in [5, 5.41) is 6.66. The van der Waals surface area contributed by atoms with Gasteiger partial charge in [0.2, 0.25) is 0 Å². The Hall–Kier alpha value is -2.47. The lowest BCUT2D eigenvalue weighted by molar-refractivity contribution is 0.0940. The number of anilines is 1. The highest BCUT2D eigenvalue weighted by Crippen LogP contribution is 2.31. The zero-order valence-corrected chi connectivity index (χ0v) is 15.4. The molecule has 1 aromatic carbocycles. The van der Waals surface area contributed by atoms with E-state index in [0.29, 0.717) is 30.1 Å². The topological polar surface area (TPSA) is 70.2 Å². The first-order valence-corrected chi connectivity index (χ1v) is 10.0. The third-order valence-electron chi connectivity index (χ3n) is 6.08. The molecule has 2 saturated heterocycles. The van der Waals surface area contributed by atoms with Crippen LogP contribution >= 0.6 is 0 Å². The van der Waals surface area contributed by atoms with Crippen LogP contribution in [0.3, 0.4) is 0 Å². The summed E-state index contributed by atoms with van der Waals surface area (Å²) >= 11 is 0. The van der Waals surface area contributed by atoms with Gasteiger partial charge in [0.05, 0.1) is 0 Å². The molecule has 0 aliphatic carbocycles. The van der Waals surface area contributed by atoms with E-state index in [-0.39, 0.29) is 5.91 Å². The molecule has 140 valence electrons. The third-order valence-corrected chi connectivity index (χ3v) is 6.08. The molecule has 0 saturated carbocycles. The Labute approximate surface area is 159 Å². The number of benzene rings is 1. The van der Waals surface area contributed by atoms with Crippen molar-refractivity contribution < 1.29 is 4.79 Å². The van der Waals surface area contributed by atoms with E-state index in [9.17, 15) is 4.79 Å². The Morgan fingerprint density at radius 2 is 1.89 bits per heavy atom. The molecule has 0 bridgehead atoms. The fraction of sp³-hybridized carbons (Fsp3) is 0.476. The van der Waals surface area contributed by atoms with E-state index in [2.05, 4.69) is 20.5 Å². The molecule has 0 spiro atoms. The van der Waals surface area contributed by atoms with Crippen LogP contribution in [0, 0.1) is 0 Å². The number of hydrogen-bond acceptors (Lipinski definition) is 5. The predicted octanol–water partition coefficient (Wildman–Crippen LogP) is 2.47. The van der Waals surface area contributed by atoms with Crippen molar-refractivity contribution in [2.75, 3.05) is 25.0 Å². The minimum Gasteiger partial charge on any atom is -0.365 e. The van der Waals surface area contributed by atoms with Crippen LogP contribution in [-0.4, -0.2) is 52.5 Å². The number of hydrogen-bond donors (Lipinski definition) is 2. The van der Waals surface area contributed by atoms with Crippen LogP contribution in [0.25, 0.3) is 11.4 Å². The molecule has 1 aromatic heterocycles. The highest BCUT2D eigenvalue weighted by atomic mass is 16.1. The Balaban J connectivity index is 1.54. The van der Waals surface area contributed by atoms with E-state index in [4.69, 9.17) is 4.98 Å². The molecule has 27 heavy (non-hydrogen) atoms. The second-order valence-electron chi connectivity index (χ2n) is 7.73. The van der Waals surface area contributed by atoms with Crippen LogP contribution in [-0.2, 0) is 6.42 Å². The summed E-state index contributed by atoms with van der Waals surface area (Å²) < 4.78 is 0. The van der Waals surface area contributed by atoms with Crippen molar-refractivity contribution in [3.05, 3.63) is 41.6 Å². The van der Waals surface area contributed by atoms with E-state index in [0.717, 1.165) is 29.8 Å². The molecule has 2 aromatic rings. The molecule has 0 unspecified atom stereocenters. The largest absolute Gasteiger partial charge is 0.365 e. The second kappa shape index (κ2) is 6.93. The summed E-state index contributed by atoms with van der Waals surface area (Å²) in [6, 6.07) is 10.9. The van der Waals surface area contributed by atoms with Gasteiger partial charge in [0.25, 0.3) is 5.91 Å².